The van der Waals surface area contributed by atoms with Gasteiger partial charge in [0.15, 0.2) is 23.3 Å². The number of benzene rings is 1. The van der Waals surface area contributed by atoms with Gasteiger partial charge in [0.05, 0.1) is 11.7 Å². The Morgan fingerprint density at radius 1 is 0.905 bits per heavy atom. The molecule has 0 saturated heterocycles. The fourth-order valence-electron chi connectivity index (χ4n) is 3.25. The van der Waals surface area contributed by atoms with E-state index in [2.05, 4.69) is 0 Å². The molecule has 0 aromatic heterocycles. The van der Waals surface area contributed by atoms with Crippen LogP contribution in [0.15, 0.2) is 0 Å². The van der Waals surface area contributed by atoms with Gasteiger partial charge >= 0.3 is 0 Å². The summed E-state index contributed by atoms with van der Waals surface area (Å²) < 4.78 is 67.0. The summed E-state index contributed by atoms with van der Waals surface area (Å²) >= 11 is 0. The lowest BCUT2D eigenvalue weighted by Gasteiger charge is -2.34. The Bertz CT molecular complexity index is 502. The molecule has 1 fully saturated rings. The maximum absolute atomic E-state index is 13.8. The lowest BCUT2D eigenvalue weighted by Crippen LogP contribution is -2.27. The third-order valence-electron chi connectivity index (χ3n) is 4.44. The molecule has 21 heavy (non-hydrogen) atoms. The molecule has 118 valence electrons. The highest BCUT2D eigenvalue weighted by Crippen LogP contribution is 2.42. The number of hydrogen-bond acceptors (Lipinski definition) is 1. The molecular weight excluding hydrogens is 291 g/mol. The minimum atomic E-state index is -2.20. The van der Waals surface area contributed by atoms with E-state index in [1.54, 1.807) is 0 Å². The van der Waals surface area contributed by atoms with Crippen LogP contribution in [0.3, 0.4) is 0 Å². The van der Waals surface area contributed by atoms with E-state index in [0.717, 1.165) is 19.3 Å². The number of rotatable bonds is 3. The van der Waals surface area contributed by atoms with E-state index >= 15 is 0 Å². The molecular formula is C15H17F5O. The van der Waals surface area contributed by atoms with Gasteiger partial charge in [-0.15, -0.1) is 0 Å². The lowest BCUT2D eigenvalue weighted by molar-refractivity contribution is 0.0386. The molecule has 1 saturated carbocycles. The summed E-state index contributed by atoms with van der Waals surface area (Å²) in [7, 11) is 0. The summed E-state index contributed by atoms with van der Waals surface area (Å²) in [6, 6.07) is 0. The smallest absolute Gasteiger partial charge is 0.200 e. The zero-order chi connectivity index (χ0) is 15.7. The predicted molar refractivity (Wildman–Crippen MR) is 66.9 cm³/mol. The van der Waals surface area contributed by atoms with Crippen LogP contribution in [0.4, 0.5) is 22.0 Å². The summed E-state index contributed by atoms with van der Waals surface area (Å²) in [5.41, 5.74) is -1.10. The monoisotopic (exact) mass is 308 g/mol. The Hall–Kier alpha value is -1.17. The van der Waals surface area contributed by atoms with E-state index in [-0.39, 0.29) is 5.92 Å². The van der Waals surface area contributed by atoms with E-state index in [0.29, 0.717) is 12.8 Å². The van der Waals surface area contributed by atoms with Crippen LogP contribution in [0.5, 0.6) is 0 Å². The van der Waals surface area contributed by atoms with Crippen molar-refractivity contribution in [3.05, 3.63) is 34.6 Å². The Labute approximate surface area is 119 Å². The summed E-state index contributed by atoms with van der Waals surface area (Å²) in [4.78, 5) is 0. The molecule has 1 aliphatic rings. The van der Waals surface area contributed by atoms with Crippen LogP contribution in [0.2, 0.25) is 0 Å². The van der Waals surface area contributed by atoms with E-state index in [1.165, 1.54) is 0 Å². The molecule has 0 bridgehead atoms. The van der Waals surface area contributed by atoms with Crippen molar-refractivity contribution in [1.29, 1.82) is 0 Å². The first-order chi connectivity index (χ1) is 9.90. The molecule has 0 spiro atoms. The molecule has 0 heterocycles. The first-order valence-electron chi connectivity index (χ1n) is 7.09. The number of aliphatic hydroxyl groups is 1. The minimum absolute atomic E-state index is 0.0173. The number of hydrogen-bond donors (Lipinski definition) is 1. The molecule has 1 aromatic carbocycles. The van der Waals surface area contributed by atoms with Gasteiger partial charge in [0.25, 0.3) is 0 Å². The Balaban J connectivity index is 2.45. The molecule has 0 amide bonds. The van der Waals surface area contributed by atoms with Crippen LogP contribution in [-0.2, 0) is 0 Å². The summed E-state index contributed by atoms with van der Waals surface area (Å²) in [6.45, 7) is 1.88. The zero-order valence-corrected chi connectivity index (χ0v) is 11.6. The highest BCUT2D eigenvalue weighted by molar-refractivity contribution is 5.26. The first-order valence-corrected chi connectivity index (χ1v) is 7.09. The third-order valence-corrected chi connectivity index (χ3v) is 4.44. The molecule has 3 unspecified atom stereocenters. The van der Waals surface area contributed by atoms with E-state index in [4.69, 9.17) is 0 Å². The third kappa shape index (κ3) is 2.78. The molecule has 1 N–H and O–H groups in total. The van der Waals surface area contributed by atoms with Gasteiger partial charge in [-0.05, 0) is 18.3 Å². The van der Waals surface area contributed by atoms with Gasteiger partial charge in [-0.25, -0.2) is 22.0 Å². The van der Waals surface area contributed by atoms with E-state index < -0.39 is 46.7 Å². The van der Waals surface area contributed by atoms with Gasteiger partial charge < -0.3 is 5.11 Å². The second-order valence-electron chi connectivity index (χ2n) is 5.55. The standard InChI is InChI=1S/C15H17F5O/c1-2-7-5-3-4-6-8(7)15(21)9-10(16)12(18)14(20)13(19)11(9)17/h7-8,15,21H,2-6H2,1H3. The van der Waals surface area contributed by atoms with Gasteiger partial charge in [0.1, 0.15) is 0 Å². The fourth-order valence-corrected chi connectivity index (χ4v) is 3.25. The van der Waals surface area contributed by atoms with Crippen molar-refractivity contribution in [1.82, 2.24) is 0 Å². The van der Waals surface area contributed by atoms with Crippen LogP contribution >= 0.6 is 0 Å². The topological polar surface area (TPSA) is 20.2 Å². The quantitative estimate of drug-likeness (QED) is 0.490. The van der Waals surface area contributed by atoms with E-state index in [9.17, 15) is 27.1 Å². The van der Waals surface area contributed by atoms with Crippen LogP contribution in [0.1, 0.15) is 50.7 Å². The van der Waals surface area contributed by atoms with Gasteiger partial charge in [-0.2, -0.15) is 0 Å². The summed E-state index contributed by atoms with van der Waals surface area (Å²) in [6.07, 6.45) is 2.02. The second-order valence-corrected chi connectivity index (χ2v) is 5.55. The normalized spacial score (nSPS) is 24.1. The summed E-state index contributed by atoms with van der Waals surface area (Å²) in [5.74, 6) is -10.5. The average molecular weight is 308 g/mol. The van der Waals surface area contributed by atoms with Gasteiger partial charge in [0, 0.05) is 0 Å². The molecule has 1 aromatic rings. The van der Waals surface area contributed by atoms with Crippen molar-refractivity contribution < 1.29 is 27.1 Å². The highest BCUT2D eigenvalue weighted by atomic mass is 19.2. The van der Waals surface area contributed by atoms with Crippen LogP contribution < -0.4 is 0 Å². The summed E-state index contributed by atoms with van der Waals surface area (Å²) in [5, 5.41) is 10.2. The molecule has 6 heteroatoms. The first kappa shape index (κ1) is 16.2. The van der Waals surface area contributed by atoms with Crippen molar-refractivity contribution in [3.63, 3.8) is 0 Å². The van der Waals surface area contributed by atoms with Crippen LogP contribution in [-0.4, -0.2) is 5.11 Å². The van der Waals surface area contributed by atoms with Crippen molar-refractivity contribution in [2.24, 2.45) is 11.8 Å². The lowest BCUT2D eigenvalue weighted by atomic mass is 9.73. The Morgan fingerprint density at radius 2 is 1.38 bits per heavy atom. The van der Waals surface area contributed by atoms with Crippen molar-refractivity contribution in [3.8, 4) is 0 Å². The largest absolute Gasteiger partial charge is 0.388 e. The number of halogens is 5. The predicted octanol–water partition coefficient (Wildman–Crippen LogP) is 4.63. The molecule has 0 aliphatic heterocycles. The average Bonchev–Trinajstić information content (AvgIpc) is 2.51. The fraction of sp³-hybridized carbons (Fsp3) is 0.600. The zero-order valence-electron chi connectivity index (χ0n) is 11.6. The van der Waals surface area contributed by atoms with Crippen LogP contribution in [0.25, 0.3) is 0 Å². The van der Waals surface area contributed by atoms with Gasteiger partial charge in [-0.3, -0.25) is 0 Å². The Morgan fingerprint density at radius 3 is 1.90 bits per heavy atom. The van der Waals surface area contributed by atoms with Crippen molar-refractivity contribution in [2.75, 3.05) is 0 Å². The highest BCUT2D eigenvalue weighted by Gasteiger charge is 2.37. The van der Waals surface area contributed by atoms with Crippen molar-refractivity contribution >= 4 is 0 Å². The molecule has 2 rings (SSSR count). The maximum Gasteiger partial charge on any atom is 0.200 e. The minimum Gasteiger partial charge on any atom is -0.388 e. The second kappa shape index (κ2) is 6.30. The molecule has 1 aliphatic carbocycles. The van der Waals surface area contributed by atoms with Gasteiger partial charge in [-0.1, -0.05) is 32.6 Å². The van der Waals surface area contributed by atoms with Crippen molar-refractivity contribution in [2.45, 2.75) is 45.1 Å². The maximum atomic E-state index is 13.8. The Kier molecular flexibility index (Phi) is 4.86. The van der Waals surface area contributed by atoms with Crippen LogP contribution in [0, 0.1) is 40.9 Å². The molecule has 3 atom stereocenters. The molecule has 1 nitrogen and oxygen atoms in total. The SMILES string of the molecule is CCC1CCCCC1C(O)c1c(F)c(F)c(F)c(F)c1F. The van der Waals surface area contributed by atoms with E-state index in [1.807, 2.05) is 6.92 Å². The molecule has 0 radical (unpaired) electrons. The number of aliphatic hydroxyl groups excluding tert-OH is 1. The van der Waals surface area contributed by atoms with Gasteiger partial charge in [0.2, 0.25) is 5.82 Å².